The average molecular weight is 630 g/mol. The number of aliphatic hydroxyl groups is 1. The zero-order chi connectivity index (χ0) is 31.9. The first-order valence-electron chi connectivity index (χ1n) is 16.1. The van der Waals surface area contributed by atoms with Crippen LogP contribution in [0.5, 0.6) is 5.75 Å². The van der Waals surface area contributed by atoms with Crippen LogP contribution in [-0.2, 0) is 14.4 Å². The van der Waals surface area contributed by atoms with Crippen molar-refractivity contribution in [1.29, 1.82) is 0 Å². The summed E-state index contributed by atoms with van der Waals surface area (Å²) in [5, 5.41) is 10.8. The molecule has 3 amide bonds. The number of likely N-dealkylation sites (tertiary alicyclic amines) is 1. The molecule has 4 aliphatic rings. The molecule has 6 rings (SSSR count). The van der Waals surface area contributed by atoms with Crippen LogP contribution in [0.4, 0.5) is 5.69 Å². The van der Waals surface area contributed by atoms with Crippen molar-refractivity contribution in [3.63, 3.8) is 0 Å². The molecule has 2 unspecified atom stereocenters. The molecule has 0 saturated carbocycles. The highest BCUT2D eigenvalue weighted by molar-refractivity contribution is 8.02. The predicted octanol–water partition coefficient (Wildman–Crippen LogP) is 5.00. The fourth-order valence-corrected chi connectivity index (χ4v) is 10.1. The SMILES string of the molecule is CCCC(C)N1CC=C[C@]23S[C@]4(C)C=CCN(c5ccc(OCC)cc5)C(=O)[C@@H]4[C@H]2C(=O)N([C@H](CO)c2ccccc2)C3C1=O. The number of anilines is 1. The van der Waals surface area contributed by atoms with Gasteiger partial charge in [0.1, 0.15) is 11.8 Å². The van der Waals surface area contributed by atoms with Crippen LogP contribution in [0.25, 0.3) is 0 Å². The van der Waals surface area contributed by atoms with Crippen molar-refractivity contribution in [2.45, 2.75) is 68.2 Å². The summed E-state index contributed by atoms with van der Waals surface area (Å²) in [6, 6.07) is 15.2. The van der Waals surface area contributed by atoms with Crippen molar-refractivity contribution in [2.24, 2.45) is 11.8 Å². The van der Waals surface area contributed by atoms with E-state index >= 15 is 0 Å². The van der Waals surface area contributed by atoms with Crippen LogP contribution < -0.4 is 9.64 Å². The first kappa shape index (κ1) is 31.4. The van der Waals surface area contributed by atoms with Crippen LogP contribution in [0.15, 0.2) is 78.9 Å². The molecule has 2 aromatic carbocycles. The van der Waals surface area contributed by atoms with Crippen molar-refractivity contribution in [2.75, 3.05) is 31.2 Å². The van der Waals surface area contributed by atoms with Gasteiger partial charge in [-0.1, -0.05) is 68.0 Å². The first-order chi connectivity index (χ1) is 21.7. The molecule has 2 saturated heterocycles. The minimum absolute atomic E-state index is 0.0215. The maximum atomic E-state index is 15.0. The zero-order valence-corrected chi connectivity index (χ0v) is 27.3. The second-order valence-electron chi connectivity index (χ2n) is 12.7. The first-order valence-corrected chi connectivity index (χ1v) is 16.9. The number of carbonyl (C=O) groups excluding carboxylic acids is 3. The molecule has 0 radical (unpaired) electrons. The molecule has 0 bridgehead atoms. The number of carbonyl (C=O) groups is 3. The smallest absolute Gasteiger partial charge is 0.247 e. The summed E-state index contributed by atoms with van der Waals surface area (Å²) in [6.45, 7) is 9.13. The van der Waals surface area contributed by atoms with Crippen LogP contribution in [0, 0.1) is 11.8 Å². The van der Waals surface area contributed by atoms with Crippen LogP contribution in [0.3, 0.4) is 0 Å². The number of nitrogens with zero attached hydrogens (tertiary/aromatic N) is 3. The Morgan fingerprint density at radius 2 is 1.64 bits per heavy atom. The number of ether oxygens (including phenoxy) is 1. The lowest BCUT2D eigenvalue weighted by atomic mass is 9.74. The van der Waals surface area contributed by atoms with Gasteiger partial charge >= 0.3 is 0 Å². The summed E-state index contributed by atoms with van der Waals surface area (Å²) >= 11 is 1.56. The van der Waals surface area contributed by atoms with Crippen LogP contribution in [0.1, 0.15) is 52.1 Å². The standard InChI is InChI=1S/C36H43N3O5S/c1-5-12-24(3)37-21-11-20-36-30(33(42)39(31(36)34(37)43)28(23-40)25-13-8-7-9-14-25)29-32(41)38(22-10-19-35(29,4)45-36)26-15-17-27(18-16-26)44-6-2/h7-11,13-20,24,28-31,40H,5-6,12,21-23H2,1-4H3/t24?,28-,29+,30+,31?,35-,36+/m1/s1. The van der Waals surface area contributed by atoms with Crippen molar-refractivity contribution in [1.82, 2.24) is 9.80 Å². The molecule has 1 N–H and O–H groups in total. The summed E-state index contributed by atoms with van der Waals surface area (Å²) in [6.07, 6.45) is 9.90. The number of hydrogen-bond acceptors (Lipinski definition) is 6. The normalized spacial score (nSPS) is 30.5. The molecule has 8 nitrogen and oxygen atoms in total. The molecule has 2 fully saturated rings. The lowest BCUT2D eigenvalue weighted by Crippen LogP contribution is -2.56. The molecule has 45 heavy (non-hydrogen) atoms. The summed E-state index contributed by atoms with van der Waals surface area (Å²) < 4.78 is 3.91. The van der Waals surface area contributed by atoms with E-state index < -0.39 is 33.4 Å². The quantitative estimate of drug-likeness (QED) is 0.393. The zero-order valence-electron chi connectivity index (χ0n) is 26.5. The maximum Gasteiger partial charge on any atom is 0.247 e. The van der Waals surface area contributed by atoms with Gasteiger partial charge in [0, 0.05) is 29.6 Å². The molecule has 238 valence electrons. The number of fused-ring (bicyclic) bond motifs is 2. The third-order valence-electron chi connectivity index (χ3n) is 9.92. The monoisotopic (exact) mass is 629 g/mol. The summed E-state index contributed by atoms with van der Waals surface area (Å²) in [5.41, 5.74) is 1.49. The second-order valence-corrected chi connectivity index (χ2v) is 14.5. The van der Waals surface area contributed by atoms with Crippen LogP contribution in [-0.4, -0.2) is 80.5 Å². The van der Waals surface area contributed by atoms with Gasteiger partial charge in [0.2, 0.25) is 17.7 Å². The highest BCUT2D eigenvalue weighted by Crippen LogP contribution is 2.66. The minimum atomic E-state index is -0.988. The van der Waals surface area contributed by atoms with Gasteiger partial charge in [-0.25, -0.2) is 0 Å². The molecule has 2 aromatic rings. The van der Waals surface area contributed by atoms with Crippen molar-refractivity contribution in [3.8, 4) is 5.75 Å². The Hall–Kier alpha value is -3.56. The van der Waals surface area contributed by atoms with Crippen molar-refractivity contribution in [3.05, 3.63) is 84.5 Å². The molecular formula is C36H43N3O5S. The number of aliphatic hydroxyl groups excluding tert-OH is 1. The number of hydrogen-bond donors (Lipinski definition) is 1. The van der Waals surface area contributed by atoms with E-state index in [1.807, 2.05) is 91.6 Å². The third kappa shape index (κ3) is 5.08. The highest BCUT2D eigenvalue weighted by atomic mass is 32.2. The molecule has 4 aliphatic heterocycles. The van der Waals surface area contributed by atoms with E-state index in [1.165, 1.54) is 0 Å². The van der Waals surface area contributed by atoms with Crippen molar-refractivity contribution < 1.29 is 24.2 Å². The minimum Gasteiger partial charge on any atom is -0.494 e. The van der Waals surface area contributed by atoms with E-state index in [0.29, 0.717) is 19.7 Å². The Morgan fingerprint density at radius 3 is 2.31 bits per heavy atom. The molecule has 7 atom stereocenters. The summed E-state index contributed by atoms with van der Waals surface area (Å²) in [5.74, 6) is -1.32. The lowest BCUT2D eigenvalue weighted by Gasteiger charge is -2.41. The number of benzene rings is 2. The van der Waals surface area contributed by atoms with E-state index in [2.05, 4.69) is 19.9 Å². The Bertz CT molecular complexity index is 1500. The third-order valence-corrected chi connectivity index (χ3v) is 11.7. The van der Waals surface area contributed by atoms with E-state index in [4.69, 9.17) is 4.74 Å². The molecule has 9 heteroatoms. The van der Waals surface area contributed by atoms with Gasteiger partial charge in [-0.15, -0.1) is 11.8 Å². The van der Waals surface area contributed by atoms with Gasteiger partial charge in [0.15, 0.2) is 0 Å². The van der Waals surface area contributed by atoms with Crippen LogP contribution in [0.2, 0.25) is 0 Å². The van der Waals surface area contributed by atoms with Gasteiger partial charge in [-0.05, 0) is 57.0 Å². The Kier molecular flexibility index (Phi) is 8.61. The van der Waals surface area contributed by atoms with E-state index in [0.717, 1.165) is 29.8 Å². The second kappa shape index (κ2) is 12.3. The number of rotatable bonds is 9. The average Bonchev–Trinajstić information content (AvgIpc) is 3.30. The molecule has 0 aromatic heterocycles. The molecule has 0 aliphatic carbocycles. The summed E-state index contributed by atoms with van der Waals surface area (Å²) in [4.78, 5) is 49.8. The van der Waals surface area contributed by atoms with Gasteiger partial charge in [-0.2, -0.15) is 0 Å². The topological polar surface area (TPSA) is 90.4 Å². The number of amides is 3. The van der Waals surface area contributed by atoms with Crippen LogP contribution >= 0.6 is 11.8 Å². The predicted molar refractivity (Wildman–Crippen MR) is 177 cm³/mol. The Morgan fingerprint density at radius 1 is 0.933 bits per heavy atom. The van der Waals surface area contributed by atoms with E-state index in [9.17, 15) is 19.5 Å². The largest absolute Gasteiger partial charge is 0.494 e. The summed E-state index contributed by atoms with van der Waals surface area (Å²) in [7, 11) is 0. The van der Waals surface area contributed by atoms with Gasteiger partial charge in [0.25, 0.3) is 0 Å². The van der Waals surface area contributed by atoms with Gasteiger partial charge in [0.05, 0.1) is 35.8 Å². The molecule has 4 heterocycles. The maximum absolute atomic E-state index is 15.0. The van der Waals surface area contributed by atoms with Gasteiger partial charge in [-0.3, -0.25) is 14.4 Å². The van der Waals surface area contributed by atoms with Crippen molar-refractivity contribution >= 4 is 35.2 Å². The Labute approximate surface area is 270 Å². The lowest BCUT2D eigenvalue weighted by molar-refractivity contribution is -0.147. The highest BCUT2D eigenvalue weighted by Gasteiger charge is 2.74. The van der Waals surface area contributed by atoms with E-state index in [1.54, 1.807) is 21.6 Å². The Balaban J connectivity index is 1.48. The van der Waals surface area contributed by atoms with Gasteiger partial charge < -0.3 is 24.5 Å². The fraction of sp³-hybridized carbons (Fsp3) is 0.472. The molecule has 1 spiro atoms. The van der Waals surface area contributed by atoms with E-state index in [-0.39, 0.29) is 30.4 Å². The fourth-order valence-electron chi connectivity index (χ4n) is 7.93. The number of thioether (sulfide) groups is 1. The molecular weight excluding hydrogens is 586 g/mol.